The number of hydrogen-bond acceptors (Lipinski definition) is 5. The SMILES string of the molecule is CC1(C2CCN(Cc3ccc(OCC(=O)O)cc3)CC2)CN(Cc2ccccc2)C(=O)CO1. The van der Waals surface area contributed by atoms with Gasteiger partial charge < -0.3 is 19.5 Å². The lowest BCUT2D eigenvalue weighted by atomic mass is 9.80. The second-order valence-electron chi connectivity index (χ2n) is 9.21. The number of carboxylic acids is 1. The lowest BCUT2D eigenvalue weighted by Crippen LogP contribution is -2.57. The molecule has 176 valence electrons. The summed E-state index contributed by atoms with van der Waals surface area (Å²) in [5.74, 6) is 0.0541. The predicted octanol–water partition coefficient (Wildman–Crippen LogP) is 3.18. The van der Waals surface area contributed by atoms with Crippen molar-refractivity contribution in [3.05, 3.63) is 65.7 Å². The van der Waals surface area contributed by atoms with E-state index in [0.29, 0.717) is 24.8 Å². The summed E-state index contributed by atoms with van der Waals surface area (Å²) in [4.78, 5) is 27.5. The standard InChI is InChI=1S/C26H32N2O5/c1-26(19-28(24(29)17-33-26)16-20-5-3-2-4-6-20)22-11-13-27(14-12-22)15-21-7-9-23(10-8-21)32-18-25(30)31/h2-10,22H,11-19H2,1H3,(H,30,31). The third-order valence-electron chi connectivity index (χ3n) is 6.74. The largest absolute Gasteiger partial charge is 0.482 e. The quantitative estimate of drug-likeness (QED) is 0.663. The molecule has 2 aromatic carbocycles. The van der Waals surface area contributed by atoms with Gasteiger partial charge in [0.2, 0.25) is 5.91 Å². The summed E-state index contributed by atoms with van der Waals surface area (Å²) in [6, 6.07) is 17.7. The average Bonchev–Trinajstić information content (AvgIpc) is 2.82. The Morgan fingerprint density at radius 3 is 2.39 bits per heavy atom. The molecule has 7 heteroatoms. The maximum Gasteiger partial charge on any atom is 0.341 e. The van der Waals surface area contributed by atoms with Gasteiger partial charge in [0.25, 0.3) is 0 Å². The van der Waals surface area contributed by atoms with E-state index in [2.05, 4.69) is 24.0 Å². The Hall–Kier alpha value is -2.90. The lowest BCUT2D eigenvalue weighted by molar-refractivity contribution is -0.174. The highest BCUT2D eigenvalue weighted by atomic mass is 16.5. The first-order chi connectivity index (χ1) is 15.9. The van der Waals surface area contributed by atoms with Gasteiger partial charge in [0, 0.05) is 13.1 Å². The molecule has 2 saturated heterocycles. The van der Waals surface area contributed by atoms with E-state index in [1.807, 2.05) is 47.4 Å². The van der Waals surface area contributed by atoms with Gasteiger partial charge in [-0.2, -0.15) is 0 Å². The van der Waals surface area contributed by atoms with Crippen LogP contribution in [0.2, 0.25) is 0 Å². The summed E-state index contributed by atoms with van der Waals surface area (Å²) in [6.07, 6.45) is 2.06. The van der Waals surface area contributed by atoms with E-state index >= 15 is 0 Å². The lowest BCUT2D eigenvalue weighted by Gasteiger charge is -2.47. The number of amides is 1. The molecule has 0 radical (unpaired) electrons. The number of carbonyl (C=O) groups is 2. The predicted molar refractivity (Wildman–Crippen MR) is 124 cm³/mol. The van der Waals surface area contributed by atoms with E-state index in [0.717, 1.165) is 38.0 Å². The first-order valence-corrected chi connectivity index (χ1v) is 11.5. The molecule has 0 aliphatic carbocycles. The van der Waals surface area contributed by atoms with Gasteiger partial charge in [-0.15, -0.1) is 0 Å². The molecule has 0 aromatic heterocycles. The van der Waals surface area contributed by atoms with Crippen molar-refractivity contribution in [2.24, 2.45) is 5.92 Å². The van der Waals surface area contributed by atoms with Gasteiger partial charge in [-0.25, -0.2) is 4.79 Å². The van der Waals surface area contributed by atoms with Gasteiger partial charge in [0.05, 0.1) is 12.1 Å². The molecule has 0 bridgehead atoms. The molecule has 2 aromatic rings. The number of morpholine rings is 1. The van der Waals surface area contributed by atoms with Crippen LogP contribution in [0.15, 0.2) is 54.6 Å². The Morgan fingerprint density at radius 2 is 1.73 bits per heavy atom. The molecule has 1 N–H and O–H groups in total. The molecule has 2 heterocycles. The van der Waals surface area contributed by atoms with Crippen molar-refractivity contribution in [1.29, 1.82) is 0 Å². The van der Waals surface area contributed by atoms with Crippen LogP contribution in [0.1, 0.15) is 30.9 Å². The average molecular weight is 453 g/mol. The van der Waals surface area contributed by atoms with Gasteiger partial charge in [0.1, 0.15) is 12.4 Å². The number of aliphatic carboxylic acids is 1. The molecule has 2 aliphatic heterocycles. The Kier molecular flexibility index (Phi) is 7.30. The fraction of sp³-hybridized carbons (Fsp3) is 0.462. The number of hydrogen-bond donors (Lipinski definition) is 1. The van der Waals surface area contributed by atoms with Gasteiger partial charge in [-0.1, -0.05) is 42.5 Å². The molecule has 33 heavy (non-hydrogen) atoms. The number of carbonyl (C=O) groups excluding carboxylic acids is 1. The molecule has 1 unspecified atom stereocenters. The van der Waals surface area contributed by atoms with E-state index in [9.17, 15) is 9.59 Å². The zero-order valence-corrected chi connectivity index (χ0v) is 19.1. The van der Waals surface area contributed by atoms with Crippen molar-refractivity contribution < 1.29 is 24.2 Å². The minimum absolute atomic E-state index is 0.0598. The highest BCUT2D eigenvalue weighted by Gasteiger charge is 2.43. The van der Waals surface area contributed by atoms with Crippen molar-refractivity contribution in [1.82, 2.24) is 9.80 Å². The molecule has 2 fully saturated rings. The summed E-state index contributed by atoms with van der Waals surface area (Å²) >= 11 is 0. The molecule has 0 spiro atoms. The zero-order valence-electron chi connectivity index (χ0n) is 19.1. The van der Waals surface area contributed by atoms with Crippen molar-refractivity contribution in [2.45, 2.75) is 38.5 Å². The number of benzene rings is 2. The Bertz CT molecular complexity index is 941. The van der Waals surface area contributed by atoms with Crippen LogP contribution in [0.5, 0.6) is 5.75 Å². The van der Waals surface area contributed by atoms with E-state index in [4.69, 9.17) is 14.6 Å². The fourth-order valence-electron chi connectivity index (χ4n) is 4.82. The maximum absolute atomic E-state index is 12.5. The number of carboxylic acid groups (broad SMARTS) is 1. The number of rotatable bonds is 8. The number of nitrogens with zero attached hydrogens (tertiary/aromatic N) is 2. The first kappa shape index (κ1) is 23.3. The fourth-order valence-corrected chi connectivity index (χ4v) is 4.82. The van der Waals surface area contributed by atoms with Crippen molar-refractivity contribution in [3.8, 4) is 5.75 Å². The Balaban J connectivity index is 1.28. The van der Waals surface area contributed by atoms with Crippen LogP contribution in [-0.4, -0.2) is 65.2 Å². The van der Waals surface area contributed by atoms with Crippen LogP contribution in [-0.2, 0) is 27.4 Å². The molecule has 4 rings (SSSR count). The van der Waals surface area contributed by atoms with Gasteiger partial charge in [0.15, 0.2) is 6.61 Å². The third kappa shape index (κ3) is 6.12. The van der Waals surface area contributed by atoms with Crippen molar-refractivity contribution in [2.75, 3.05) is 32.8 Å². The van der Waals surface area contributed by atoms with Crippen LogP contribution in [0.3, 0.4) is 0 Å². The smallest absolute Gasteiger partial charge is 0.341 e. The topological polar surface area (TPSA) is 79.3 Å². The van der Waals surface area contributed by atoms with Crippen molar-refractivity contribution in [3.63, 3.8) is 0 Å². The van der Waals surface area contributed by atoms with Crippen LogP contribution in [0, 0.1) is 5.92 Å². The molecular weight excluding hydrogens is 420 g/mol. The van der Waals surface area contributed by atoms with E-state index < -0.39 is 5.97 Å². The minimum Gasteiger partial charge on any atom is -0.482 e. The third-order valence-corrected chi connectivity index (χ3v) is 6.74. The van der Waals surface area contributed by atoms with Crippen LogP contribution >= 0.6 is 0 Å². The monoisotopic (exact) mass is 452 g/mol. The van der Waals surface area contributed by atoms with E-state index in [-0.39, 0.29) is 24.7 Å². The summed E-state index contributed by atoms with van der Waals surface area (Å²) in [5.41, 5.74) is 2.00. The van der Waals surface area contributed by atoms with Crippen molar-refractivity contribution >= 4 is 11.9 Å². The van der Waals surface area contributed by atoms with Crippen LogP contribution < -0.4 is 4.74 Å². The summed E-state index contributed by atoms with van der Waals surface area (Å²) in [6.45, 7) is 6.05. The second-order valence-corrected chi connectivity index (χ2v) is 9.21. The Morgan fingerprint density at radius 1 is 1.06 bits per heavy atom. The van der Waals surface area contributed by atoms with E-state index in [1.165, 1.54) is 5.56 Å². The van der Waals surface area contributed by atoms with Crippen LogP contribution in [0.4, 0.5) is 0 Å². The number of ether oxygens (including phenoxy) is 2. The molecule has 7 nitrogen and oxygen atoms in total. The molecule has 0 saturated carbocycles. The van der Waals surface area contributed by atoms with E-state index in [1.54, 1.807) is 0 Å². The summed E-state index contributed by atoms with van der Waals surface area (Å²) in [5, 5.41) is 8.71. The molecule has 2 aliphatic rings. The zero-order chi connectivity index (χ0) is 23.3. The normalized spacial score (nSPS) is 22.3. The van der Waals surface area contributed by atoms with Gasteiger partial charge in [-0.3, -0.25) is 9.69 Å². The maximum atomic E-state index is 12.5. The molecular formula is C26H32N2O5. The Labute approximate surface area is 194 Å². The highest BCUT2D eigenvalue weighted by molar-refractivity contribution is 5.78. The van der Waals surface area contributed by atoms with Crippen LogP contribution in [0.25, 0.3) is 0 Å². The minimum atomic E-state index is -0.981. The molecule has 1 amide bonds. The van der Waals surface area contributed by atoms with Gasteiger partial charge >= 0.3 is 5.97 Å². The first-order valence-electron chi connectivity index (χ1n) is 11.5. The highest BCUT2D eigenvalue weighted by Crippen LogP contribution is 2.35. The summed E-state index contributed by atoms with van der Waals surface area (Å²) < 4.78 is 11.3. The number of likely N-dealkylation sites (tertiary alicyclic amines) is 1. The molecule has 1 atom stereocenters. The summed E-state index contributed by atoms with van der Waals surface area (Å²) in [7, 11) is 0. The van der Waals surface area contributed by atoms with Gasteiger partial charge in [-0.05, 0) is 62.0 Å². The second kappa shape index (κ2) is 10.4. The number of piperidine rings is 1.